The van der Waals surface area contributed by atoms with Gasteiger partial charge in [-0.15, -0.1) is 0 Å². The van der Waals surface area contributed by atoms with Crippen LogP contribution in [0.25, 0.3) is 11.1 Å². The molecule has 2 aromatic rings. The van der Waals surface area contributed by atoms with Crippen LogP contribution in [-0.2, 0) is 4.79 Å². The molecule has 0 aliphatic carbocycles. The van der Waals surface area contributed by atoms with E-state index in [2.05, 4.69) is 12.2 Å². The number of carbonyl (C=O) groups is 2. The standard InChI is InChI=1S/C20H23NO3S/c1-2-13-25-14-12-18(20(23)24)21-19(22)17-11-7-6-10-16(17)15-8-4-3-5-9-15/h3-11,18H,2,12-14H2,1H3,(H,21,22)(H,23,24)/t18-/m0/s1. The third-order valence-corrected chi connectivity index (χ3v) is 4.98. The van der Waals surface area contributed by atoms with Crippen LogP contribution in [0.3, 0.4) is 0 Å². The number of nitrogens with one attached hydrogen (secondary N) is 1. The van der Waals surface area contributed by atoms with E-state index in [1.165, 1.54) is 0 Å². The maximum absolute atomic E-state index is 12.7. The summed E-state index contributed by atoms with van der Waals surface area (Å²) in [6, 6.07) is 16.0. The normalized spacial score (nSPS) is 11.7. The summed E-state index contributed by atoms with van der Waals surface area (Å²) >= 11 is 1.71. The van der Waals surface area contributed by atoms with Gasteiger partial charge in [-0.1, -0.05) is 55.5 Å². The lowest BCUT2D eigenvalue weighted by atomic mass is 9.99. The number of carbonyl (C=O) groups excluding carboxylic acids is 1. The molecule has 1 atom stereocenters. The minimum absolute atomic E-state index is 0.354. The van der Waals surface area contributed by atoms with Gasteiger partial charge in [0.15, 0.2) is 0 Å². The van der Waals surface area contributed by atoms with Crippen molar-refractivity contribution in [2.24, 2.45) is 0 Å². The van der Waals surface area contributed by atoms with Crippen molar-refractivity contribution in [3.05, 3.63) is 60.2 Å². The zero-order valence-corrected chi connectivity index (χ0v) is 15.1. The van der Waals surface area contributed by atoms with Crippen LogP contribution in [-0.4, -0.2) is 34.5 Å². The molecule has 0 heterocycles. The van der Waals surface area contributed by atoms with E-state index in [-0.39, 0.29) is 5.91 Å². The topological polar surface area (TPSA) is 66.4 Å². The van der Waals surface area contributed by atoms with Gasteiger partial charge in [-0.3, -0.25) is 4.79 Å². The van der Waals surface area contributed by atoms with Crippen LogP contribution in [0.15, 0.2) is 54.6 Å². The van der Waals surface area contributed by atoms with Crippen LogP contribution in [0.1, 0.15) is 30.1 Å². The lowest BCUT2D eigenvalue weighted by Gasteiger charge is -2.16. The van der Waals surface area contributed by atoms with E-state index >= 15 is 0 Å². The van der Waals surface area contributed by atoms with Crippen LogP contribution in [0.5, 0.6) is 0 Å². The number of benzene rings is 2. The van der Waals surface area contributed by atoms with Crippen molar-refractivity contribution in [2.75, 3.05) is 11.5 Å². The molecule has 0 aromatic heterocycles. The van der Waals surface area contributed by atoms with Crippen molar-refractivity contribution in [1.82, 2.24) is 5.32 Å². The molecule has 0 unspecified atom stereocenters. The molecule has 0 bridgehead atoms. The van der Waals surface area contributed by atoms with Crippen molar-refractivity contribution in [3.63, 3.8) is 0 Å². The number of amides is 1. The molecule has 4 nitrogen and oxygen atoms in total. The molecule has 2 N–H and O–H groups in total. The Kier molecular flexibility index (Phi) is 7.54. The Morgan fingerprint density at radius 3 is 2.40 bits per heavy atom. The third-order valence-electron chi connectivity index (χ3n) is 3.76. The lowest BCUT2D eigenvalue weighted by Crippen LogP contribution is -2.41. The molecular weight excluding hydrogens is 334 g/mol. The quantitative estimate of drug-likeness (QED) is 0.664. The van der Waals surface area contributed by atoms with Gasteiger partial charge < -0.3 is 10.4 Å². The van der Waals surface area contributed by atoms with E-state index in [1.54, 1.807) is 23.9 Å². The Hall–Kier alpha value is -2.27. The number of hydrogen-bond donors (Lipinski definition) is 2. The number of rotatable bonds is 9. The summed E-state index contributed by atoms with van der Waals surface area (Å²) in [5.74, 6) is 0.359. The number of carboxylic acids is 1. The minimum Gasteiger partial charge on any atom is -0.480 e. The van der Waals surface area contributed by atoms with Gasteiger partial charge in [-0.25, -0.2) is 4.79 Å². The van der Waals surface area contributed by atoms with E-state index in [0.717, 1.165) is 23.3 Å². The molecule has 2 rings (SSSR count). The molecule has 132 valence electrons. The molecule has 0 saturated heterocycles. The molecular formula is C20H23NO3S. The van der Waals surface area contributed by atoms with Crippen molar-refractivity contribution >= 4 is 23.6 Å². The molecule has 25 heavy (non-hydrogen) atoms. The maximum Gasteiger partial charge on any atom is 0.326 e. The van der Waals surface area contributed by atoms with Gasteiger partial charge in [0.05, 0.1) is 0 Å². The summed E-state index contributed by atoms with van der Waals surface area (Å²) in [4.78, 5) is 24.1. The highest BCUT2D eigenvalue weighted by molar-refractivity contribution is 7.99. The molecule has 0 fully saturated rings. The molecule has 0 spiro atoms. The summed E-state index contributed by atoms with van der Waals surface area (Å²) < 4.78 is 0. The van der Waals surface area contributed by atoms with Gasteiger partial charge in [0.2, 0.25) is 0 Å². The van der Waals surface area contributed by atoms with Crippen LogP contribution in [0, 0.1) is 0 Å². The average molecular weight is 357 g/mol. The monoisotopic (exact) mass is 357 g/mol. The molecule has 0 aliphatic heterocycles. The largest absolute Gasteiger partial charge is 0.480 e. The van der Waals surface area contributed by atoms with Gasteiger partial charge in [-0.2, -0.15) is 11.8 Å². The SMILES string of the molecule is CCCSCC[C@H](NC(=O)c1ccccc1-c1ccccc1)C(=O)O. The van der Waals surface area contributed by atoms with Crippen LogP contribution >= 0.6 is 11.8 Å². The van der Waals surface area contributed by atoms with Gasteiger partial charge in [0.25, 0.3) is 5.91 Å². The average Bonchev–Trinajstić information content (AvgIpc) is 2.64. The fourth-order valence-electron chi connectivity index (χ4n) is 2.49. The molecule has 0 saturated carbocycles. The first-order chi connectivity index (χ1) is 12.1. The fourth-order valence-corrected chi connectivity index (χ4v) is 3.39. The van der Waals surface area contributed by atoms with Crippen molar-refractivity contribution in [2.45, 2.75) is 25.8 Å². The Morgan fingerprint density at radius 1 is 1.04 bits per heavy atom. The lowest BCUT2D eigenvalue weighted by molar-refractivity contribution is -0.139. The number of carboxylic acid groups (broad SMARTS) is 1. The summed E-state index contributed by atoms with van der Waals surface area (Å²) in [5, 5.41) is 12.1. The van der Waals surface area contributed by atoms with Gasteiger partial charge in [0.1, 0.15) is 6.04 Å². The van der Waals surface area contributed by atoms with E-state index < -0.39 is 12.0 Å². The van der Waals surface area contributed by atoms with E-state index in [1.807, 2.05) is 42.5 Å². The van der Waals surface area contributed by atoms with Gasteiger partial charge in [-0.05, 0) is 41.5 Å². The van der Waals surface area contributed by atoms with Crippen LogP contribution in [0.2, 0.25) is 0 Å². The number of thioether (sulfide) groups is 1. The first kappa shape index (κ1) is 19.1. The van der Waals surface area contributed by atoms with Crippen molar-refractivity contribution < 1.29 is 14.7 Å². The highest BCUT2D eigenvalue weighted by Gasteiger charge is 2.21. The predicted molar refractivity (Wildman–Crippen MR) is 103 cm³/mol. The van der Waals surface area contributed by atoms with E-state index in [9.17, 15) is 14.7 Å². The Bertz CT molecular complexity index is 703. The molecule has 0 aliphatic rings. The minimum atomic E-state index is -0.998. The van der Waals surface area contributed by atoms with Crippen molar-refractivity contribution in [3.8, 4) is 11.1 Å². The molecule has 5 heteroatoms. The number of aliphatic carboxylic acids is 1. The number of hydrogen-bond acceptors (Lipinski definition) is 3. The van der Waals surface area contributed by atoms with Crippen LogP contribution in [0.4, 0.5) is 0 Å². The summed E-state index contributed by atoms with van der Waals surface area (Å²) in [6.07, 6.45) is 1.47. The zero-order valence-electron chi connectivity index (χ0n) is 14.3. The zero-order chi connectivity index (χ0) is 18.1. The smallest absolute Gasteiger partial charge is 0.326 e. The summed E-state index contributed by atoms with van der Waals surface area (Å²) in [5.41, 5.74) is 2.21. The highest BCUT2D eigenvalue weighted by atomic mass is 32.2. The van der Waals surface area contributed by atoms with Crippen molar-refractivity contribution in [1.29, 1.82) is 0 Å². The van der Waals surface area contributed by atoms with E-state index in [0.29, 0.717) is 17.7 Å². The second-order valence-corrected chi connectivity index (χ2v) is 6.90. The molecule has 0 radical (unpaired) electrons. The molecule has 2 aromatic carbocycles. The Morgan fingerprint density at radius 2 is 1.72 bits per heavy atom. The Labute approximate surface area is 152 Å². The van der Waals surface area contributed by atoms with Crippen LogP contribution < -0.4 is 5.32 Å². The van der Waals surface area contributed by atoms with E-state index in [4.69, 9.17) is 0 Å². The summed E-state index contributed by atoms with van der Waals surface area (Å²) in [7, 11) is 0. The second kappa shape index (κ2) is 9.89. The predicted octanol–water partition coefficient (Wildman–Crippen LogP) is 4.07. The first-order valence-electron chi connectivity index (χ1n) is 8.39. The first-order valence-corrected chi connectivity index (χ1v) is 9.54. The molecule has 1 amide bonds. The third kappa shape index (κ3) is 5.64. The Balaban J connectivity index is 2.13. The highest BCUT2D eigenvalue weighted by Crippen LogP contribution is 2.23. The van der Waals surface area contributed by atoms with Gasteiger partial charge >= 0.3 is 5.97 Å². The van der Waals surface area contributed by atoms with Gasteiger partial charge in [0, 0.05) is 5.56 Å². The maximum atomic E-state index is 12.7. The second-order valence-electron chi connectivity index (χ2n) is 5.68. The fraction of sp³-hybridized carbons (Fsp3) is 0.300. The summed E-state index contributed by atoms with van der Waals surface area (Å²) in [6.45, 7) is 2.09.